The lowest BCUT2D eigenvalue weighted by molar-refractivity contribution is -0.121. The predicted octanol–water partition coefficient (Wildman–Crippen LogP) is 5.10. The van der Waals surface area contributed by atoms with Crippen molar-refractivity contribution >= 4 is 27.5 Å². The van der Waals surface area contributed by atoms with Crippen LogP contribution in [0.25, 0.3) is 0 Å². The molecule has 0 N–H and O–H groups in total. The zero-order valence-corrected chi connectivity index (χ0v) is 21.8. The maximum atomic E-state index is 14.0. The lowest BCUT2D eigenvalue weighted by Crippen LogP contribution is -2.48. The Hall–Kier alpha value is -4.07. The Labute approximate surface area is 222 Å². The lowest BCUT2D eigenvalue weighted by atomic mass is 9.95. The summed E-state index contributed by atoms with van der Waals surface area (Å²) in [5.74, 6) is 0.0752. The van der Waals surface area contributed by atoms with Gasteiger partial charge in [0.05, 0.1) is 11.4 Å². The molecule has 7 heteroatoms. The number of aliphatic imine (C=N–C) groups is 1. The van der Waals surface area contributed by atoms with Crippen molar-refractivity contribution < 1.29 is 13.2 Å². The van der Waals surface area contributed by atoms with Gasteiger partial charge in [-0.1, -0.05) is 84.4 Å². The van der Waals surface area contributed by atoms with E-state index in [1.165, 1.54) is 4.31 Å². The van der Waals surface area contributed by atoms with E-state index < -0.39 is 22.0 Å². The lowest BCUT2D eigenvalue weighted by Gasteiger charge is -2.34. The molecule has 0 unspecified atom stereocenters. The number of carbonyl (C=O) groups is 1. The third-order valence-corrected chi connectivity index (χ3v) is 9.11. The molecule has 38 heavy (non-hydrogen) atoms. The van der Waals surface area contributed by atoms with E-state index in [0.29, 0.717) is 12.4 Å². The molecule has 2 heterocycles. The largest absolute Gasteiger partial charge is 0.321 e. The van der Waals surface area contributed by atoms with Crippen LogP contribution in [0.3, 0.4) is 0 Å². The number of carbonyl (C=O) groups excluding carboxylic acids is 1. The molecule has 2 aliphatic heterocycles. The molecule has 0 saturated carbocycles. The number of fused-ring (bicyclic) bond motifs is 2. The summed E-state index contributed by atoms with van der Waals surface area (Å²) >= 11 is 0. The number of para-hydroxylation sites is 1. The van der Waals surface area contributed by atoms with Gasteiger partial charge in [0.15, 0.2) is 0 Å². The van der Waals surface area contributed by atoms with Crippen LogP contribution in [0.15, 0.2) is 113 Å². The molecule has 4 aromatic rings. The highest BCUT2D eigenvalue weighted by Gasteiger charge is 2.40. The number of hydrogen-bond donors (Lipinski definition) is 0. The van der Waals surface area contributed by atoms with Crippen molar-refractivity contribution in [2.75, 3.05) is 4.90 Å². The Morgan fingerprint density at radius 1 is 0.763 bits per heavy atom. The standard InChI is InChI=1S/C31H27N3O3S/c1-22-15-17-27(18-16-22)38(36,37)34-21-24-10-6-5-9-23(24)19-29(34)31(35)32-30-28-14-8-7-11-25(28)20-33(30)26-12-3-2-4-13-26/h2-18,29H,19-21H2,1H3/t29-/m0/s1. The second-order valence-electron chi connectivity index (χ2n) is 9.70. The van der Waals surface area contributed by atoms with E-state index in [-0.39, 0.29) is 17.9 Å². The summed E-state index contributed by atoms with van der Waals surface area (Å²) in [7, 11) is -3.95. The minimum Gasteiger partial charge on any atom is -0.321 e. The van der Waals surface area contributed by atoms with Crippen LogP contribution in [0.2, 0.25) is 0 Å². The molecular formula is C31H27N3O3S. The molecule has 6 nitrogen and oxygen atoms in total. The quantitative estimate of drug-likeness (QED) is 0.375. The molecule has 0 bridgehead atoms. The molecule has 0 radical (unpaired) electrons. The Kier molecular flexibility index (Phi) is 6.18. The Bertz CT molecular complexity index is 1650. The summed E-state index contributed by atoms with van der Waals surface area (Å²) < 4.78 is 29.0. The number of aryl methyl sites for hydroxylation is 1. The summed E-state index contributed by atoms with van der Waals surface area (Å²) in [6.45, 7) is 2.62. The first-order chi connectivity index (χ1) is 18.4. The molecule has 2 aliphatic rings. The van der Waals surface area contributed by atoms with Crippen LogP contribution in [-0.4, -0.2) is 30.5 Å². The average molecular weight is 522 g/mol. The zero-order chi connectivity index (χ0) is 26.3. The average Bonchev–Trinajstić information content (AvgIpc) is 3.31. The van der Waals surface area contributed by atoms with Crippen molar-refractivity contribution in [1.29, 1.82) is 0 Å². The zero-order valence-electron chi connectivity index (χ0n) is 21.0. The van der Waals surface area contributed by atoms with Crippen LogP contribution in [0.4, 0.5) is 5.69 Å². The third kappa shape index (κ3) is 4.34. The maximum absolute atomic E-state index is 14.0. The number of sulfonamides is 1. The molecule has 1 atom stereocenters. The second-order valence-corrected chi connectivity index (χ2v) is 11.6. The topological polar surface area (TPSA) is 70.0 Å². The van der Waals surface area contributed by atoms with Crippen LogP contribution < -0.4 is 4.90 Å². The number of amidine groups is 1. The van der Waals surface area contributed by atoms with Crippen LogP contribution in [0.5, 0.6) is 0 Å². The first-order valence-corrected chi connectivity index (χ1v) is 14.0. The van der Waals surface area contributed by atoms with Gasteiger partial charge in [-0.25, -0.2) is 8.42 Å². The highest BCUT2D eigenvalue weighted by atomic mass is 32.2. The number of hydrogen-bond acceptors (Lipinski definition) is 3. The monoisotopic (exact) mass is 521 g/mol. The number of anilines is 1. The Morgan fingerprint density at radius 3 is 2.13 bits per heavy atom. The fraction of sp³-hybridized carbons (Fsp3) is 0.161. The highest BCUT2D eigenvalue weighted by molar-refractivity contribution is 7.89. The summed E-state index contributed by atoms with van der Waals surface area (Å²) in [5, 5.41) is 0. The number of amides is 1. The smallest absolute Gasteiger partial charge is 0.266 e. The van der Waals surface area contributed by atoms with Gasteiger partial charge in [0.1, 0.15) is 11.9 Å². The SMILES string of the molecule is Cc1ccc(S(=O)(=O)N2Cc3ccccc3C[C@H]2C(=O)N=C2c3ccccc3CN2c2ccccc2)cc1. The molecule has 0 spiro atoms. The van der Waals surface area contributed by atoms with E-state index in [1.807, 2.05) is 90.7 Å². The number of rotatable bonds is 4. The molecule has 0 aliphatic carbocycles. The summed E-state index contributed by atoms with van der Waals surface area (Å²) in [4.78, 5) is 20.8. The van der Waals surface area contributed by atoms with Crippen molar-refractivity contribution in [1.82, 2.24) is 4.31 Å². The predicted molar refractivity (Wildman–Crippen MR) is 148 cm³/mol. The van der Waals surface area contributed by atoms with Gasteiger partial charge in [-0.2, -0.15) is 9.30 Å². The van der Waals surface area contributed by atoms with Gasteiger partial charge >= 0.3 is 0 Å². The fourth-order valence-electron chi connectivity index (χ4n) is 5.20. The van der Waals surface area contributed by atoms with Crippen molar-refractivity contribution in [2.24, 2.45) is 4.99 Å². The molecule has 0 saturated heterocycles. The van der Waals surface area contributed by atoms with Crippen molar-refractivity contribution in [2.45, 2.75) is 37.4 Å². The molecule has 4 aromatic carbocycles. The van der Waals surface area contributed by atoms with Gasteiger partial charge < -0.3 is 4.90 Å². The first-order valence-electron chi connectivity index (χ1n) is 12.6. The van der Waals surface area contributed by atoms with Gasteiger partial charge in [0, 0.05) is 17.8 Å². The minimum absolute atomic E-state index is 0.118. The first kappa shape index (κ1) is 24.3. The molecule has 0 fully saturated rings. The van der Waals surface area contributed by atoms with E-state index >= 15 is 0 Å². The van der Waals surface area contributed by atoms with Crippen LogP contribution in [0, 0.1) is 6.92 Å². The molecule has 6 rings (SSSR count). The summed E-state index contributed by atoms with van der Waals surface area (Å²) in [5.41, 5.74) is 5.71. The highest BCUT2D eigenvalue weighted by Crippen LogP contribution is 2.32. The minimum atomic E-state index is -3.95. The van der Waals surface area contributed by atoms with Gasteiger partial charge in [-0.15, -0.1) is 0 Å². The Morgan fingerprint density at radius 2 is 1.39 bits per heavy atom. The molecular weight excluding hydrogens is 494 g/mol. The molecule has 1 amide bonds. The summed E-state index contributed by atoms with van der Waals surface area (Å²) in [6.07, 6.45) is 0.268. The second kappa shape index (κ2) is 9.67. The van der Waals surface area contributed by atoms with Gasteiger partial charge in [0.25, 0.3) is 5.91 Å². The van der Waals surface area contributed by atoms with Crippen LogP contribution in [-0.2, 0) is 34.3 Å². The number of benzene rings is 4. The number of nitrogens with zero attached hydrogens (tertiary/aromatic N) is 3. The molecule has 0 aromatic heterocycles. The van der Waals surface area contributed by atoms with Crippen molar-refractivity contribution in [3.05, 3.63) is 131 Å². The van der Waals surface area contributed by atoms with Crippen LogP contribution >= 0.6 is 0 Å². The van der Waals surface area contributed by atoms with E-state index in [0.717, 1.165) is 33.5 Å². The normalized spacial score (nSPS) is 18.3. The van der Waals surface area contributed by atoms with E-state index in [1.54, 1.807) is 24.3 Å². The van der Waals surface area contributed by atoms with E-state index in [4.69, 9.17) is 0 Å². The van der Waals surface area contributed by atoms with Crippen molar-refractivity contribution in [3.8, 4) is 0 Å². The Balaban J connectivity index is 1.44. The van der Waals surface area contributed by atoms with E-state index in [9.17, 15) is 13.2 Å². The fourth-order valence-corrected chi connectivity index (χ4v) is 6.76. The van der Waals surface area contributed by atoms with Gasteiger partial charge in [-0.05, 0) is 54.3 Å². The van der Waals surface area contributed by atoms with Gasteiger partial charge in [0.2, 0.25) is 10.0 Å². The van der Waals surface area contributed by atoms with Crippen LogP contribution in [0.1, 0.15) is 27.8 Å². The molecule has 190 valence electrons. The van der Waals surface area contributed by atoms with Crippen molar-refractivity contribution in [3.63, 3.8) is 0 Å². The van der Waals surface area contributed by atoms with Gasteiger partial charge in [-0.3, -0.25) is 4.79 Å². The maximum Gasteiger partial charge on any atom is 0.266 e. The van der Waals surface area contributed by atoms with E-state index in [2.05, 4.69) is 4.99 Å². The third-order valence-electron chi connectivity index (χ3n) is 7.24. The summed E-state index contributed by atoms with van der Waals surface area (Å²) in [6, 6.07) is 31.2.